The second-order valence-corrected chi connectivity index (χ2v) is 3.97. The number of furan rings is 1. The molecule has 1 aromatic rings. The summed E-state index contributed by atoms with van der Waals surface area (Å²) < 4.78 is 5.25. The third-order valence-corrected chi connectivity index (χ3v) is 2.52. The Bertz CT molecular complexity index is 254. The van der Waals surface area contributed by atoms with E-state index in [1.165, 1.54) is 0 Å². The van der Waals surface area contributed by atoms with Gasteiger partial charge in [-0.05, 0) is 32.4 Å². The van der Waals surface area contributed by atoms with Gasteiger partial charge < -0.3 is 14.8 Å². The van der Waals surface area contributed by atoms with Gasteiger partial charge in [-0.3, -0.25) is 0 Å². The van der Waals surface area contributed by atoms with Crippen LogP contribution in [0.5, 0.6) is 0 Å². The van der Waals surface area contributed by atoms with Crippen LogP contribution in [0.4, 0.5) is 0 Å². The quantitative estimate of drug-likeness (QED) is 0.759. The maximum atomic E-state index is 9.78. The summed E-state index contributed by atoms with van der Waals surface area (Å²) in [5.41, 5.74) is -0.638. The first kappa shape index (κ1) is 11.3. The molecule has 0 aliphatic heterocycles. The summed E-state index contributed by atoms with van der Waals surface area (Å²) in [4.78, 5) is 0. The lowest BCUT2D eigenvalue weighted by molar-refractivity contribution is 0.0527. The van der Waals surface area contributed by atoms with E-state index in [1.54, 1.807) is 6.26 Å². The predicted molar refractivity (Wildman–Crippen MR) is 56.0 cm³/mol. The highest BCUT2D eigenvalue weighted by atomic mass is 16.3. The van der Waals surface area contributed by atoms with Crippen LogP contribution >= 0.6 is 0 Å². The van der Waals surface area contributed by atoms with E-state index in [4.69, 9.17) is 4.42 Å². The van der Waals surface area contributed by atoms with Crippen LogP contribution in [0.1, 0.15) is 39.0 Å². The first-order valence-electron chi connectivity index (χ1n) is 5.04. The Balaban J connectivity index is 2.39. The molecule has 14 heavy (non-hydrogen) atoms. The van der Waals surface area contributed by atoms with Gasteiger partial charge in [0.15, 0.2) is 0 Å². The Morgan fingerprint density at radius 2 is 2.36 bits per heavy atom. The topological polar surface area (TPSA) is 45.4 Å². The molecular weight excluding hydrogens is 178 g/mol. The van der Waals surface area contributed by atoms with E-state index in [1.807, 2.05) is 32.9 Å². The fourth-order valence-corrected chi connectivity index (χ4v) is 1.14. The fourth-order valence-electron chi connectivity index (χ4n) is 1.14. The lowest BCUT2D eigenvalue weighted by Crippen LogP contribution is -2.38. The van der Waals surface area contributed by atoms with Gasteiger partial charge in [0.05, 0.1) is 17.9 Å². The summed E-state index contributed by atoms with van der Waals surface area (Å²) in [7, 11) is 0. The minimum absolute atomic E-state index is 0.142. The van der Waals surface area contributed by atoms with E-state index in [9.17, 15) is 5.11 Å². The van der Waals surface area contributed by atoms with E-state index < -0.39 is 5.60 Å². The third-order valence-electron chi connectivity index (χ3n) is 2.52. The van der Waals surface area contributed by atoms with Gasteiger partial charge in [-0.25, -0.2) is 0 Å². The highest BCUT2D eigenvalue weighted by Crippen LogP contribution is 2.14. The first-order valence-corrected chi connectivity index (χ1v) is 5.04. The van der Waals surface area contributed by atoms with Crippen molar-refractivity contribution in [2.24, 2.45) is 0 Å². The van der Waals surface area contributed by atoms with Gasteiger partial charge in [0.25, 0.3) is 0 Å². The monoisotopic (exact) mass is 197 g/mol. The van der Waals surface area contributed by atoms with Crippen molar-refractivity contribution < 1.29 is 9.52 Å². The predicted octanol–water partition coefficient (Wildman–Crippen LogP) is 2.09. The molecule has 0 radical (unpaired) electrons. The summed E-state index contributed by atoms with van der Waals surface area (Å²) in [6.45, 7) is 6.39. The molecule has 0 aromatic carbocycles. The van der Waals surface area contributed by atoms with Crippen LogP contribution in [-0.4, -0.2) is 17.3 Å². The van der Waals surface area contributed by atoms with Gasteiger partial charge >= 0.3 is 0 Å². The Hall–Kier alpha value is -0.800. The van der Waals surface area contributed by atoms with Gasteiger partial charge in [-0.2, -0.15) is 0 Å². The molecule has 0 aliphatic carbocycles. The number of hydrogen-bond acceptors (Lipinski definition) is 3. The van der Waals surface area contributed by atoms with Crippen molar-refractivity contribution in [2.45, 2.75) is 38.8 Å². The zero-order chi connectivity index (χ0) is 10.6. The average Bonchev–Trinajstić information content (AvgIpc) is 2.67. The molecule has 1 aromatic heterocycles. The molecule has 80 valence electrons. The molecule has 3 nitrogen and oxygen atoms in total. The molecule has 0 aliphatic rings. The van der Waals surface area contributed by atoms with E-state index in [-0.39, 0.29) is 6.04 Å². The van der Waals surface area contributed by atoms with Gasteiger partial charge in [0.2, 0.25) is 0 Å². The van der Waals surface area contributed by atoms with E-state index in [0.717, 1.165) is 12.2 Å². The van der Waals surface area contributed by atoms with Gasteiger partial charge in [0, 0.05) is 6.54 Å². The second kappa shape index (κ2) is 4.62. The fraction of sp³-hybridized carbons (Fsp3) is 0.636. The third kappa shape index (κ3) is 3.16. The van der Waals surface area contributed by atoms with Crippen molar-refractivity contribution in [3.05, 3.63) is 24.2 Å². The van der Waals surface area contributed by atoms with Crippen LogP contribution in [-0.2, 0) is 0 Å². The van der Waals surface area contributed by atoms with Crippen LogP contribution in [0.15, 0.2) is 22.8 Å². The molecule has 0 amide bonds. The van der Waals surface area contributed by atoms with Gasteiger partial charge in [-0.15, -0.1) is 0 Å². The molecule has 1 heterocycles. The van der Waals surface area contributed by atoms with E-state index in [0.29, 0.717) is 6.54 Å². The zero-order valence-corrected chi connectivity index (χ0v) is 9.08. The van der Waals surface area contributed by atoms with Crippen LogP contribution in [0.2, 0.25) is 0 Å². The van der Waals surface area contributed by atoms with Crippen molar-refractivity contribution in [2.75, 3.05) is 6.54 Å². The molecule has 0 saturated carbocycles. The maximum Gasteiger partial charge on any atom is 0.120 e. The number of aliphatic hydroxyl groups is 1. The Labute approximate surface area is 85.1 Å². The van der Waals surface area contributed by atoms with Crippen LogP contribution in [0, 0.1) is 0 Å². The van der Waals surface area contributed by atoms with Crippen LogP contribution < -0.4 is 5.32 Å². The Kier molecular flexibility index (Phi) is 3.72. The second-order valence-electron chi connectivity index (χ2n) is 3.97. The number of nitrogens with one attached hydrogen (secondary N) is 1. The molecule has 0 spiro atoms. The lowest BCUT2D eigenvalue weighted by atomic mass is 10.0. The summed E-state index contributed by atoms with van der Waals surface area (Å²) >= 11 is 0. The first-order chi connectivity index (χ1) is 6.55. The number of hydrogen-bond donors (Lipinski definition) is 2. The largest absolute Gasteiger partial charge is 0.468 e. The molecule has 3 heteroatoms. The maximum absolute atomic E-state index is 9.78. The lowest BCUT2D eigenvalue weighted by Gasteiger charge is -2.23. The average molecular weight is 197 g/mol. The van der Waals surface area contributed by atoms with Crippen LogP contribution in [0.3, 0.4) is 0 Å². The molecule has 0 fully saturated rings. The number of rotatable bonds is 5. The zero-order valence-electron chi connectivity index (χ0n) is 9.08. The molecule has 2 N–H and O–H groups in total. The summed E-state index contributed by atoms with van der Waals surface area (Å²) in [6, 6.07) is 3.94. The van der Waals surface area contributed by atoms with E-state index in [2.05, 4.69) is 5.32 Å². The van der Waals surface area contributed by atoms with Crippen molar-refractivity contribution in [3.8, 4) is 0 Å². The minimum Gasteiger partial charge on any atom is -0.468 e. The molecule has 1 unspecified atom stereocenters. The normalized spacial score (nSPS) is 17.7. The summed E-state index contributed by atoms with van der Waals surface area (Å²) in [5.74, 6) is 0.900. The van der Waals surface area contributed by atoms with Gasteiger partial charge in [0.1, 0.15) is 5.76 Å². The molecular formula is C11H19NO2. The minimum atomic E-state index is -0.638. The Morgan fingerprint density at radius 1 is 1.64 bits per heavy atom. The highest BCUT2D eigenvalue weighted by molar-refractivity contribution is 5.03. The molecule has 0 saturated heterocycles. The highest BCUT2D eigenvalue weighted by Gasteiger charge is 2.19. The molecule has 1 rings (SSSR count). The smallest absolute Gasteiger partial charge is 0.120 e. The summed E-state index contributed by atoms with van der Waals surface area (Å²) in [5, 5.41) is 13.0. The van der Waals surface area contributed by atoms with Crippen molar-refractivity contribution >= 4 is 0 Å². The van der Waals surface area contributed by atoms with E-state index >= 15 is 0 Å². The summed E-state index contributed by atoms with van der Waals surface area (Å²) in [6.07, 6.45) is 2.40. The molecule has 0 bridgehead atoms. The SMILES string of the molecule is CCC(C)(O)CN[C@H](C)c1ccco1. The van der Waals surface area contributed by atoms with Crippen molar-refractivity contribution in [1.82, 2.24) is 5.32 Å². The van der Waals surface area contributed by atoms with Crippen molar-refractivity contribution in [1.29, 1.82) is 0 Å². The van der Waals surface area contributed by atoms with Crippen molar-refractivity contribution in [3.63, 3.8) is 0 Å². The Morgan fingerprint density at radius 3 is 2.86 bits per heavy atom. The molecule has 2 atom stereocenters. The van der Waals surface area contributed by atoms with Gasteiger partial charge in [-0.1, -0.05) is 6.92 Å². The standard InChI is InChI=1S/C11H19NO2/c1-4-11(3,13)8-12-9(2)10-6-5-7-14-10/h5-7,9,12-13H,4,8H2,1-3H3/t9-,11?/m1/s1. The van der Waals surface area contributed by atoms with Crippen LogP contribution in [0.25, 0.3) is 0 Å².